The molecule has 0 radical (unpaired) electrons. The first-order valence-electron chi connectivity index (χ1n) is 13.2. The van der Waals surface area contributed by atoms with Gasteiger partial charge in [0.05, 0.1) is 29.2 Å². The van der Waals surface area contributed by atoms with E-state index < -0.39 is 17.9 Å². The fourth-order valence-corrected chi connectivity index (χ4v) is 5.45. The van der Waals surface area contributed by atoms with Crippen LogP contribution in [0.15, 0.2) is 66.3 Å². The average molecular weight is 575 g/mol. The molecular weight excluding hydrogens is 544 g/mol. The molecule has 0 bridgehead atoms. The van der Waals surface area contributed by atoms with Gasteiger partial charge in [-0.2, -0.15) is 0 Å². The Labute approximate surface area is 239 Å². The second-order valence-corrected chi connectivity index (χ2v) is 10.8. The number of ether oxygens (including phenoxy) is 1. The number of carbonyl (C=O) groups is 3. The van der Waals surface area contributed by atoms with Gasteiger partial charge in [-0.25, -0.2) is 14.8 Å². The maximum atomic E-state index is 13.0. The summed E-state index contributed by atoms with van der Waals surface area (Å²) in [5.74, 6) is -1.92. The van der Waals surface area contributed by atoms with E-state index in [0.717, 1.165) is 28.4 Å². The predicted molar refractivity (Wildman–Crippen MR) is 155 cm³/mol. The number of benzene rings is 2. The van der Waals surface area contributed by atoms with E-state index in [1.54, 1.807) is 32.0 Å². The van der Waals surface area contributed by atoms with Gasteiger partial charge in [0.15, 0.2) is 5.16 Å². The minimum atomic E-state index is -1.15. The number of aliphatic carboxylic acids is 1. The standard InChI is InChI=1S/C29H30N6O5S/c1-17(2)40-26(36)15-41-29-34-23-11-18(27(37)33-24(28(38)39)12-20-14-30-16-32-20)7-8-25(23)35(29)10-9-19-13-31-22-6-4-3-5-21(19)22/h3-8,11,13-14,16-17,24,31H,9-10,12,15H2,1-2H3,(H,30,32)(H,33,37)(H,38,39). The van der Waals surface area contributed by atoms with Crippen LogP contribution in [-0.2, 0) is 33.7 Å². The van der Waals surface area contributed by atoms with Crippen molar-refractivity contribution in [2.24, 2.45) is 0 Å². The quantitative estimate of drug-likeness (QED) is 0.129. The van der Waals surface area contributed by atoms with Gasteiger partial charge in [-0.3, -0.25) is 9.59 Å². The molecule has 0 saturated heterocycles. The van der Waals surface area contributed by atoms with Gasteiger partial charge in [0.25, 0.3) is 5.91 Å². The Morgan fingerprint density at radius 2 is 1.98 bits per heavy atom. The summed E-state index contributed by atoms with van der Waals surface area (Å²) in [7, 11) is 0. The molecule has 0 fully saturated rings. The number of hydrogen-bond donors (Lipinski definition) is 4. The van der Waals surface area contributed by atoms with Crippen LogP contribution < -0.4 is 5.32 Å². The largest absolute Gasteiger partial charge is 0.480 e. The minimum Gasteiger partial charge on any atom is -0.480 e. The maximum absolute atomic E-state index is 13.0. The number of carboxylic acids is 1. The highest BCUT2D eigenvalue weighted by molar-refractivity contribution is 7.99. The van der Waals surface area contributed by atoms with Crippen molar-refractivity contribution in [3.8, 4) is 0 Å². The zero-order valence-electron chi connectivity index (χ0n) is 22.6. The summed E-state index contributed by atoms with van der Waals surface area (Å²) >= 11 is 1.28. The van der Waals surface area contributed by atoms with Gasteiger partial charge in [-0.1, -0.05) is 30.0 Å². The second-order valence-electron chi connectivity index (χ2n) is 9.83. The molecular formula is C29H30N6O5S. The molecule has 12 heteroatoms. The molecule has 212 valence electrons. The first-order chi connectivity index (χ1) is 19.8. The van der Waals surface area contributed by atoms with E-state index in [9.17, 15) is 19.5 Å². The molecule has 11 nitrogen and oxygen atoms in total. The number of nitrogens with one attached hydrogen (secondary N) is 3. The van der Waals surface area contributed by atoms with Crippen molar-refractivity contribution in [3.05, 3.63) is 78.0 Å². The molecule has 0 spiro atoms. The molecule has 0 aliphatic heterocycles. The molecule has 1 unspecified atom stereocenters. The van der Waals surface area contributed by atoms with Crippen LogP contribution in [0.4, 0.5) is 0 Å². The van der Waals surface area contributed by atoms with E-state index >= 15 is 0 Å². The van der Waals surface area contributed by atoms with Gasteiger partial charge in [-0.15, -0.1) is 0 Å². The van der Waals surface area contributed by atoms with Crippen molar-refractivity contribution < 1.29 is 24.2 Å². The number of fused-ring (bicyclic) bond motifs is 2. The van der Waals surface area contributed by atoms with E-state index in [0.29, 0.717) is 22.9 Å². The molecule has 5 rings (SSSR count). The summed E-state index contributed by atoms with van der Waals surface area (Å²) in [6, 6.07) is 12.1. The lowest BCUT2D eigenvalue weighted by Gasteiger charge is -2.14. The Bertz CT molecular complexity index is 1690. The number of carbonyl (C=O) groups excluding carboxylic acids is 2. The summed E-state index contributed by atoms with van der Waals surface area (Å²) in [5.41, 5.74) is 4.47. The van der Waals surface area contributed by atoms with E-state index in [4.69, 9.17) is 9.72 Å². The number of aromatic amines is 2. The van der Waals surface area contributed by atoms with Crippen LogP contribution in [0, 0.1) is 0 Å². The number of imidazole rings is 2. The SMILES string of the molecule is CC(C)OC(=O)CSc1nc2cc(C(=O)NC(Cc3cnc[nH]3)C(=O)O)ccc2n1CCc1c[nH]c2ccccc12. The van der Waals surface area contributed by atoms with Gasteiger partial charge < -0.3 is 29.7 Å². The molecule has 3 heterocycles. The van der Waals surface area contributed by atoms with Gasteiger partial charge in [0, 0.05) is 47.5 Å². The molecule has 41 heavy (non-hydrogen) atoms. The van der Waals surface area contributed by atoms with Crippen LogP contribution in [-0.4, -0.2) is 65.4 Å². The number of esters is 1. The minimum absolute atomic E-state index is 0.0685. The first kappa shape index (κ1) is 28.0. The van der Waals surface area contributed by atoms with Gasteiger partial charge >= 0.3 is 11.9 Å². The zero-order chi connectivity index (χ0) is 28.9. The third-order valence-electron chi connectivity index (χ3n) is 6.52. The average Bonchev–Trinajstić information content (AvgIpc) is 3.68. The number of H-pyrrole nitrogens is 2. The molecule has 1 atom stereocenters. The number of carboxylic acid groups (broad SMARTS) is 1. The number of aryl methyl sites for hydroxylation is 2. The fourth-order valence-electron chi connectivity index (χ4n) is 4.62. The third-order valence-corrected chi connectivity index (χ3v) is 7.47. The summed E-state index contributed by atoms with van der Waals surface area (Å²) in [4.78, 5) is 51.9. The lowest BCUT2D eigenvalue weighted by Crippen LogP contribution is -2.42. The zero-order valence-corrected chi connectivity index (χ0v) is 23.4. The summed E-state index contributed by atoms with van der Waals surface area (Å²) < 4.78 is 7.32. The van der Waals surface area contributed by atoms with Crippen molar-refractivity contribution in [2.75, 3.05) is 5.75 Å². The third kappa shape index (κ3) is 6.60. The molecule has 5 aromatic rings. The number of aromatic nitrogens is 5. The van der Waals surface area contributed by atoms with E-state index in [1.165, 1.54) is 24.3 Å². The molecule has 1 amide bonds. The summed E-state index contributed by atoms with van der Waals surface area (Å²) in [5, 5.41) is 14.0. The Hall–Kier alpha value is -4.58. The molecule has 0 aliphatic rings. The van der Waals surface area contributed by atoms with Crippen molar-refractivity contribution in [3.63, 3.8) is 0 Å². The Morgan fingerprint density at radius 1 is 1.15 bits per heavy atom. The van der Waals surface area contributed by atoms with Crippen molar-refractivity contribution in [1.82, 2.24) is 29.8 Å². The normalized spacial score (nSPS) is 12.2. The number of amides is 1. The van der Waals surface area contributed by atoms with Crippen LogP contribution in [0.3, 0.4) is 0 Å². The number of hydrogen-bond acceptors (Lipinski definition) is 7. The Balaban J connectivity index is 1.40. The smallest absolute Gasteiger partial charge is 0.326 e. The molecule has 0 aliphatic carbocycles. The van der Waals surface area contributed by atoms with Crippen LogP contribution in [0.2, 0.25) is 0 Å². The Morgan fingerprint density at radius 3 is 2.73 bits per heavy atom. The maximum Gasteiger partial charge on any atom is 0.326 e. The molecule has 4 N–H and O–H groups in total. The molecule has 2 aromatic carbocycles. The summed E-state index contributed by atoms with van der Waals surface area (Å²) in [6.45, 7) is 4.20. The van der Waals surface area contributed by atoms with Crippen molar-refractivity contribution >= 4 is 51.5 Å². The summed E-state index contributed by atoms with van der Waals surface area (Å²) in [6.07, 6.45) is 5.55. The van der Waals surface area contributed by atoms with E-state index in [-0.39, 0.29) is 29.8 Å². The first-order valence-corrected chi connectivity index (χ1v) is 14.2. The van der Waals surface area contributed by atoms with Crippen LogP contribution in [0.25, 0.3) is 21.9 Å². The lowest BCUT2D eigenvalue weighted by atomic mass is 10.1. The number of nitrogens with zero attached hydrogens (tertiary/aromatic N) is 3. The highest BCUT2D eigenvalue weighted by Gasteiger charge is 2.23. The lowest BCUT2D eigenvalue weighted by molar-refractivity contribution is -0.144. The van der Waals surface area contributed by atoms with E-state index in [2.05, 4.69) is 26.3 Å². The topological polar surface area (TPSA) is 155 Å². The van der Waals surface area contributed by atoms with Crippen LogP contribution in [0.5, 0.6) is 0 Å². The number of para-hydroxylation sites is 1. The second kappa shape index (κ2) is 12.3. The van der Waals surface area contributed by atoms with Gasteiger partial charge in [0.1, 0.15) is 6.04 Å². The monoisotopic (exact) mass is 574 g/mol. The van der Waals surface area contributed by atoms with Gasteiger partial charge in [-0.05, 0) is 50.1 Å². The fraction of sp³-hybridized carbons (Fsp3) is 0.276. The number of rotatable bonds is 12. The van der Waals surface area contributed by atoms with Crippen molar-refractivity contribution in [2.45, 2.75) is 50.5 Å². The highest BCUT2D eigenvalue weighted by Crippen LogP contribution is 2.27. The highest BCUT2D eigenvalue weighted by atomic mass is 32.2. The number of thioether (sulfide) groups is 1. The van der Waals surface area contributed by atoms with Crippen LogP contribution in [0.1, 0.15) is 35.5 Å². The Kier molecular flexibility index (Phi) is 8.39. The molecule has 0 saturated carbocycles. The van der Waals surface area contributed by atoms with Gasteiger partial charge in [0.2, 0.25) is 0 Å². The van der Waals surface area contributed by atoms with E-state index in [1.807, 2.05) is 29.0 Å². The van der Waals surface area contributed by atoms with Crippen LogP contribution >= 0.6 is 11.8 Å². The van der Waals surface area contributed by atoms with Crippen molar-refractivity contribution in [1.29, 1.82) is 0 Å². The predicted octanol–water partition coefficient (Wildman–Crippen LogP) is 3.95. The molecule has 3 aromatic heterocycles.